The van der Waals surface area contributed by atoms with Gasteiger partial charge in [-0.1, -0.05) is 0 Å². The lowest BCUT2D eigenvalue weighted by atomic mass is 9.83. The summed E-state index contributed by atoms with van der Waals surface area (Å²) in [6.07, 6.45) is 4.87. The first kappa shape index (κ1) is 17.7. The van der Waals surface area contributed by atoms with Crippen molar-refractivity contribution in [3.63, 3.8) is 0 Å². The summed E-state index contributed by atoms with van der Waals surface area (Å²) in [4.78, 5) is 22.5. The van der Waals surface area contributed by atoms with Crippen LogP contribution in [0.4, 0.5) is 0 Å². The second-order valence-corrected chi connectivity index (χ2v) is 6.09. The monoisotopic (exact) mass is 320 g/mol. The molecule has 4 nitrogen and oxygen atoms in total. The van der Waals surface area contributed by atoms with Crippen LogP contribution < -0.4 is 0 Å². The molecular formula is C14H24O4S2. The van der Waals surface area contributed by atoms with Gasteiger partial charge in [0.1, 0.15) is 0 Å². The highest BCUT2D eigenvalue weighted by Crippen LogP contribution is 2.29. The highest BCUT2D eigenvalue weighted by atomic mass is 32.1. The Hall–Kier alpha value is -0.360. The van der Waals surface area contributed by atoms with E-state index in [9.17, 15) is 9.59 Å². The number of rotatable bonds is 8. The second kappa shape index (κ2) is 10.4. The minimum absolute atomic E-state index is 0.164. The molecule has 20 heavy (non-hydrogen) atoms. The number of ether oxygens (including phenoxy) is 2. The second-order valence-electron chi connectivity index (χ2n) is 5.20. The van der Waals surface area contributed by atoms with E-state index in [1.165, 1.54) is 0 Å². The molecule has 1 rings (SSSR count). The van der Waals surface area contributed by atoms with Gasteiger partial charge in [-0.2, -0.15) is 25.3 Å². The van der Waals surface area contributed by atoms with Crippen molar-refractivity contribution in [1.29, 1.82) is 0 Å². The Morgan fingerprint density at radius 2 is 1.15 bits per heavy atom. The van der Waals surface area contributed by atoms with Crippen LogP contribution in [0.25, 0.3) is 0 Å². The Labute approximate surface area is 131 Å². The van der Waals surface area contributed by atoms with Crippen molar-refractivity contribution < 1.29 is 19.1 Å². The van der Waals surface area contributed by atoms with Crippen LogP contribution in [0.2, 0.25) is 0 Å². The zero-order valence-corrected chi connectivity index (χ0v) is 13.5. The number of esters is 2. The molecule has 1 fully saturated rings. The molecule has 0 saturated heterocycles. The number of carbonyl (C=O) groups is 2. The summed E-state index contributed by atoms with van der Waals surface area (Å²) in [6, 6.07) is 0. The van der Waals surface area contributed by atoms with E-state index < -0.39 is 0 Å². The van der Waals surface area contributed by atoms with E-state index in [1.54, 1.807) is 0 Å². The molecule has 0 aromatic rings. The van der Waals surface area contributed by atoms with Crippen LogP contribution in [-0.2, 0) is 19.1 Å². The SMILES string of the molecule is O=C(CCS)OCC1CCC(COC(=O)CCS)CC1. The summed E-state index contributed by atoms with van der Waals surface area (Å²) in [5.41, 5.74) is 0. The topological polar surface area (TPSA) is 52.6 Å². The largest absolute Gasteiger partial charge is 0.465 e. The van der Waals surface area contributed by atoms with Crippen molar-refractivity contribution in [2.75, 3.05) is 24.7 Å². The molecule has 116 valence electrons. The average molecular weight is 320 g/mol. The summed E-state index contributed by atoms with van der Waals surface area (Å²) in [6.45, 7) is 1.03. The molecule has 1 aliphatic carbocycles. The summed E-state index contributed by atoms with van der Waals surface area (Å²) in [7, 11) is 0. The maximum absolute atomic E-state index is 11.3. The molecule has 1 aliphatic rings. The van der Waals surface area contributed by atoms with Gasteiger partial charge in [0.25, 0.3) is 0 Å². The fourth-order valence-corrected chi connectivity index (χ4v) is 2.68. The van der Waals surface area contributed by atoms with Gasteiger partial charge in [-0.25, -0.2) is 0 Å². The van der Waals surface area contributed by atoms with E-state index >= 15 is 0 Å². The fourth-order valence-electron chi connectivity index (χ4n) is 2.31. The molecule has 0 aromatic carbocycles. The Balaban J connectivity index is 2.10. The first-order valence-electron chi connectivity index (χ1n) is 7.18. The molecular weight excluding hydrogens is 296 g/mol. The van der Waals surface area contributed by atoms with Crippen LogP contribution in [0, 0.1) is 11.8 Å². The maximum atomic E-state index is 11.3. The Morgan fingerprint density at radius 3 is 1.45 bits per heavy atom. The number of carbonyl (C=O) groups excluding carboxylic acids is 2. The maximum Gasteiger partial charge on any atom is 0.306 e. The first-order valence-corrected chi connectivity index (χ1v) is 8.45. The predicted octanol–water partition coefficient (Wildman–Crippen LogP) is 2.52. The predicted molar refractivity (Wildman–Crippen MR) is 84.3 cm³/mol. The van der Waals surface area contributed by atoms with Gasteiger partial charge in [-0.05, 0) is 37.5 Å². The molecule has 0 aromatic heterocycles. The third-order valence-electron chi connectivity index (χ3n) is 3.56. The molecule has 0 spiro atoms. The lowest BCUT2D eigenvalue weighted by Gasteiger charge is -2.27. The van der Waals surface area contributed by atoms with Crippen molar-refractivity contribution >= 4 is 37.2 Å². The van der Waals surface area contributed by atoms with Crippen molar-refractivity contribution in [2.24, 2.45) is 11.8 Å². The third kappa shape index (κ3) is 7.43. The Bertz CT molecular complexity index is 272. The van der Waals surface area contributed by atoms with Crippen molar-refractivity contribution in [3.05, 3.63) is 0 Å². The van der Waals surface area contributed by atoms with E-state index in [1.807, 2.05) is 0 Å². The standard InChI is InChI=1S/C14H24O4S2/c15-13(5-7-19)17-9-11-1-2-12(4-3-11)10-18-14(16)6-8-20/h11-12,19-20H,1-10H2. The summed E-state index contributed by atoms with van der Waals surface area (Å²) < 4.78 is 10.4. The summed E-state index contributed by atoms with van der Waals surface area (Å²) in [5.74, 6) is 1.63. The molecule has 1 saturated carbocycles. The average Bonchev–Trinajstić information content (AvgIpc) is 2.45. The van der Waals surface area contributed by atoms with Crippen LogP contribution in [-0.4, -0.2) is 36.7 Å². The number of hydrogen-bond acceptors (Lipinski definition) is 6. The number of hydrogen-bond donors (Lipinski definition) is 2. The molecule has 0 atom stereocenters. The molecule has 0 heterocycles. The first-order chi connectivity index (χ1) is 9.65. The highest BCUT2D eigenvalue weighted by Gasteiger charge is 2.23. The summed E-state index contributed by atoms with van der Waals surface area (Å²) >= 11 is 8.00. The Morgan fingerprint density at radius 1 is 0.800 bits per heavy atom. The number of thiol groups is 2. The van der Waals surface area contributed by atoms with Crippen molar-refractivity contribution in [2.45, 2.75) is 38.5 Å². The van der Waals surface area contributed by atoms with Crippen LogP contribution in [0.15, 0.2) is 0 Å². The van der Waals surface area contributed by atoms with E-state index in [-0.39, 0.29) is 11.9 Å². The van der Waals surface area contributed by atoms with Crippen LogP contribution in [0.5, 0.6) is 0 Å². The minimum Gasteiger partial charge on any atom is -0.465 e. The van der Waals surface area contributed by atoms with E-state index in [0.717, 1.165) is 25.7 Å². The molecule has 6 heteroatoms. The zero-order chi connectivity index (χ0) is 14.8. The van der Waals surface area contributed by atoms with Gasteiger partial charge >= 0.3 is 11.9 Å². The van der Waals surface area contributed by atoms with Crippen molar-refractivity contribution in [3.8, 4) is 0 Å². The smallest absolute Gasteiger partial charge is 0.306 e. The summed E-state index contributed by atoms with van der Waals surface area (Å²) in [5, 5.41) is 0. The van der Waals surface area contributed by atoms with Crippen LogP contribution in [0.3, 0.4) is 0 Å². The van der Waals surface area contributed by atoms with Gasteiger partial charge < -0.3 is 9.47 Å². The van der Waals surface area contributed by atoms with Crippen LogP contribution >= 0.6 is 25.3 Å². The van der Waals surface area contributed by atoms with Gasteiger partial charge in [-0.3, -0.25) is 9.59 Å². The lowest BCUT2D eigenvalue weighted by Crippen LogP contribution is -2.24. The van der Waals surface area contributed by atoms with Crippen molar-refractivity contribution in [1.82, 2.24) is 0 Å². The normalized spacial score (nSPS) is 22.3. The molecule has 0 unspecified atom stereocenters. The van der Waals surface area contributed by atoms with E-state index in [2.05, 4.69) is 25.3 Å². The Kier molecular flexibility index (Phi) is 9.18. The van der Waals surface area contributed by atoms with E-state index in [0.29, 0.717) is 49.4 Å². The highest BCUT2D eigenvalue weighted by molar-refractivity contribution is 7.80. The minimum atomic E-state index is -0.164. The third-order valence-corrected chi connectivity index (χ3v) is 4.01. The van der Waals surface area contributed by atoms with Gasteiger partial charge in [0.05, 0.1) is 26.1 Å². The quantitative estimate of drug-likeness (QED) is 0.533. The molecule has 0 radical (unpaired) electrons. The molecule has 0 N–H and O–H groups in total. The zero-order valence-electron chi connectivity index (χ0n) is 11.8. The van der Waals surface area contributed by atoms with Gasteiger partial charge in [0.15, 0.2) is 0 Å². The molecule has 0 amide bonds. The molecule has 0 bridgehead atoms. The van der Waals surface area contributed by atoms with E-state index in [4.69, 9.17) is 9.47 Å². The van der Waals surface area contributed by atoms with Crippen LogP contribution in [0.1, 0.15) is 38.5 Å². The lowest BCUT2D eigenvalue weighted by molar-refractivity contribution is -0.147. The van der Waals surface area contributed by atoms with Gasteiger partial charge in [0.2, 0.25) is 0 Å². The fraction of sp³-hybridized carbons (Fsp3) is 0.857. The molecule has 0 aliphatic heterocycles. The van der Waals surface area contributed by atoms with Gasteiger partial charge in [0, 0.05) is 11.5 Å². The van der Waals surface area contributed by atoms with Gasteiger partial charge in [-0.15, -0.1) is 0 Å².